The van der Waals surface area contributed by atoms with Gasteiger partial charge in [-0.2, -0.15) is 0 Å². The van der Waals surface area contributed by atoms with E-state index in [0.717, 1.165) is 35.1 Å². The van der Waals surface area contributed by atoms with Crippen molar-refractivity contribution >= 4 is 29.5 Å². The SMILES string of the molecule is O=C1CCC(N2Cc3c(SCCCCCCCNC4CC5(CCC5)C4)ccc(F)c3C2=O)C(=O)N1. The Morgan fingerprint density at radius 2 is 1.86 bits per heavy atom. The predicted molar refractivity (Wildman–Crippen MR) is 134 cm³/mol. The van der Waals surface area contributed by atoms with Gasteiger partial charge in [-0.25, -0.2) is 4.39 Å². The molecule has 0 radical (unpaired) electrons. The van der Waals surface area contributed by atoms with Crippen molar-refractivity contribution in [1.82, 2.24) is 15.5 Å². The van der Waals surface area contributed by atoms with Gasteiger partial charge >= 0.3 is 0 Å². The lowest BCUT2D eigenvalue weighted by Crippen LogP contribution is -2.52. The molecule has 1 aromatic carbocycles. The van der Waals surface area contributed by atoms with Gasteiger partial charge in [0.2, 0.25) is 11.8 Å². The first-order valence-corrected chi connectivity index (χ1v) is 14.3. The number of piperidine rings is 1. The number of carbonyl (C=O) groups excluding carboxylic acids is 3. The van der Waals surface area contributed by atoms with Crippen LogP contribution in [-0.2, 0) is 16.1 Å². The maximum atomic E-state index is 14.5. The van der Waals surface area contributed by atoms with E-state index >= 15 is 0 Å². The molecule has 8 heteroatoms. The maximum absolute atomic E-state index is 14.5. The lowest BCUT2D eigenvalue weighted by molar-refractivity contribution is -0.136. The zero-order valence-corrected chi connectivity index (χ0v) is 21.2. The number of nitrogens with zero attached hydrogens (tertiary/aromatic N) is 1. The van der Waals surface area contributed by atoms with Gasteiger partial charge in [-0.05, 0) is 74.8 Å². The largest absolute Gasteiger partial charge is 0.322 e. The number of imide groups is 1. The van der Waals surface area contributed by atoms with E-state index in [2.05, 4.69) is 10.6 Å². The summed E-state index contributed by atoms with van der Waals surface area (Å²) in [5, 5.41) is 6.02. The first kappa shape index (κ1) is 24.8. The van der Waals surface area contributed by atoms with Crippen LogP contribution in [0.25, 0.3) is 0 Å². The summed E-state index contributed by atoms with van der Waals surface area (Å²) in [7, 11) is 0. The van der Waals surface area contributed by atoms with E-state index in [0.29, 0.717) is 5.56 Å². The molecule has 2 heterocycles. The second kappa shape index (κ2) is 10.6. The number of nitrogens with one attached hydrogen (secondary N) is 2. The molecule has 4 aliphatic rings. The Morgan fingerprint density at radius 3 is 2.60 bits per heavy atom. The summed E-state index contributed by atoms with van der Waals surface area (Å²) in [5.74, 6) is -0.862. The van der Waals surface area contributed by atoms with Crippen LogP contribution in [0.15, 0.2) is 17.0 Å². The standard InChI is InChI=1S/C27H36FN3O3S/c28-20-7-9-22(19-17-31(26(34)24(19)20)21-8-10-23(32)30-25(21)33)35-14-5-3-1-2-4-13-29-18-15-27(16-18)11-6-12-27/h7,9,18,21,29H,1-6,8,10-17H2,(H,30,32,33). The summed E-state index contributed by atoms with van der Waals surface area (Å²) in [6, 6.07) is 3.15. The quantitative estimate of drug-likeness (QED) is 0.264. The number of rotatable bonds is 11. The summed E-state index contributed by atoms with van der Waals surface area (Å²) in [6.45, 7) is 1.35. The molecule has 1 spiro atoms. The number of thioether (sulfide) groups is 1. The van der Waals surface area contributed by atoms with Gasteiger partial charge < -0.3 is 10.2 Å². The summed E-state index contributed by atoms with van der Waals surface area (Å²) in [6.07, 6.45) is 13.6. The number of carbonyl (C=O) groups is 3. The Balaban J connectivity index is 1.01. The molecule has 1 atom stereocenters. The van der Waals surface area contributed by atoms with Gasteiger partial charge in [0.1, 0.15) is 11.9 Å². The fraction of sp³-hybridized carbons (Fsp3) is 0.667. The third-order valence-corrected chi connectivity index (χ3v) is 9.58. The molecule has 2 aliphatic heterocycles. The topological polar surface area (TPSA) is 78.5 Å². The van der Waals surface area contributed by atoms with Crippen LogP contribution >= 0.6 is 11.8 Å². The highest BCUT2D eigenvalue weighted by Gasteiger charge is 2.47. The zero-order valence-electron chi connectivity index (χ0n) is 20.4. The summed E-state index contributed by atoms with van der Waals surface area (Å²) < 4.78 is 14.5. The fourth-order valence-corrected chi connectivity index (χ4v) is 7.27. The number of benzene rings is 1. The van der Waals surface area contributed by atoms with E-state index in [4.69, 9.17) is 0 Å². The molecule has 1 saturated heterocycles. The molecular formula is C27H36FN3O3S. The van der Waals surface area contributed by atoms with Gasteiger partial charge in [0, 0.05) is 29.5 Å². The highest BCUT2D eigenvalue weighted by atomic mass is 32.2. The Morgan fingerprint density at radius 1 is 1.09 bits per heavy atom. The highest BCUT2D eigenvalue weighted by Crippen LogP contribution is 2.55. The third-order valence-electron chi connectivity index (χ3n) is 8.39. The molecule has 0 aromatic heterocycles. The van der Waals surface area contributed by atoms with Crippen LogP contribution in [0.5, 0.6) is 0 Å². The molecule has 2 saturated carbocycles. The number of fused-ring (bicyclic) bond motifs is 1. The van der Waals surface area contributed by atoms with Crippen LogP contribution < -0.4 is 10.6 Å². The van der Waals surface area contributed by atoms with E-state index in [1.807, 2.05) is 0 Å². The van der Waals surface area contributed by atoms with E-state index in [-0.39, 0.29) is 30.9 Å². The van der Waals surface area contributed by atoms with Crippen LogP contribution in [-0.4, -0.2) is 47.0 Å². The Labute approximate surface area is 211 Å². The molecule has 2 aliphatic carbocycles. The molecular weight excluding hydrogens is 465 g/mol. The summed E-state index contributed by atoms with van der Waals surface area (Å²) in [4.78, 5) is 39.0. The van der Waals surface area contributed by atoms with Crippen molar-refractivity contribution < 1.29 is 18.8 Å². The van der Waals surface area contributed by atoms with Gasteiger partial charge in [0.15, 0.2) is 0 Å². The van der Waals surface area contributed by atoms with Gasteiger partial charge in [-0.15, -0.1) is 11.8 Å². The van der Waals surface area contributed by atoms with Gasteiger partial charge in [-0.3, -0.25) is 19.7 Å². The number of halogens is 1. The Kier molecular flexibility index (Phi) is 7.49. The molecule has 1 unspecified atom stereocenters. The average molecular weight is 502 g/mol. The number of hydrogen-bond acceptors (Lipinski definition) is 5. The molecule has 0 bridgehead atoms. The average Bonchev–Trinajstić information content (AvgIpc) is 3.12. The second-order valence-corrected chi connectivity index (χ2v) is 12.0. The molecule has 5 rings (SSSR count). The first-order chi connectivity index (χ1) is 17.0. The van der Waals surface area contributed by atoms with Crippen molar-refractivity contribution in [2.75, 3.05) is 12.3 Å². The fourth-order valence-electron chi connectivity index (χ4n) is 6.20. The molecule has 1 aromatic rings. The van der Waals surface area contributed by atoms with Crippen molar-refractivity contribution in [3.63, 3.8) is 0 Å². The van der Waals surface area contributed by atoms with Crippen LogP contribution in [0.3, 0.4) is 0 Å². The number of hydrogen-bond donors (Lipinski definition) is 2. The van der Waals surface area contributed by atoms with Gasteiger partial charge in [0.05, 0.1) is 5.56 Å². The molecule has 3 fully saturated rings. The van der Waals surface area contributed by atoms with Crippen LogP contribution in [0.4, 0.5) is 4.39 Å². The molecule has 190 valence electrons. The maximum Gasteiger partial charge on any atom is 0.258 e. The molecule has 35 heavy (non-hydrogen) atoms. The Bertz CT molecular complexity index is 988. The van der Waals surface area contributed by atoms with Crippen LogP contribution in [0.2, 0.25) is 0 Å². The Hall–Kier alpha value is -1.93. The van der Waals surface area contributed by atoms with Gasteiger partial charge in [-0.1, -0.05) is 25.7 Å². The molecule has 3 amide bonds. The minimum atomic E-state index is -0.719. The summed E-state index contributed by atoms with van der Waals surface area (Å²) in [5.41, 5.74) is 1.51. The van der Waals surface area contributed by atoms with E-state index in [1.165, 1.54) is 68.8 Å². The third kappa shape index (κ3) is 5.29. The van der Waals surface area contributed by atoms with Crippen molar-refractivity contribution in [3.8, 4) is 0 Å². The van der Waals surface area contributed by atoms with E-state index in [9.17, 15) is 18.8 Å². The smallest absolute Gasteiger partial charge is 0.258 e. The summed E-state index contributed by atoms with van der Waals surface area (Å²) >= 11 is 1.66. The first-order valence-electron chi connectivity index (χ1n) is 13.3. The highest BCUT2D eigenvalue weighted by molar-refractivity contribution is 7.99. The van der Waals surface area contributed by atoms with Crippen LogP contribution in [0.1, 0.15) is 93.0 Å². The van der Waals surface area contributed by atoms with E-state index < -0.39 is 23.7 Å². The number of amides is 3. The number of unbranched alkanes of at least 4 members (excludes halogenated alkanes) is 4. The lowest BCUT2D eigenvalue weighted by Gasteiger charge is -2.54. The van der Waals surface area contributed by atoms with Crippen molar-refractivity contribution in [2.45, 2.75) is 101 Å². The molecule has 6 nitrogen and oxygen atoms in total. The zero-order chi connectivity index (χ0) is 24.4. The minimum Gasteiger partial charge on any atom is -0.322 e. The van der Waals surface area contributed by atoms with Crippen molar-refractivity contribution in [1.29, 1.82) is 0 Å². The van der Waals surface area contributed by atoms with Crippen molar-refractivity contribution in [2.24, 2.45) is 5.41 Å². The minimum absolute atomic E-state index is 0.0851. The van der Waals surface area contributed by atoms with E-state index in [1.54, 1.807) is 17.8 Å². The predicted octanol–water partition coefficient (Wildman–Crippen LogP) is 4.55. The lowest BCUT2D eigenvalue weighted by atomic mass is 9.54. The van der Waals surface area contributed by atoms with Crippen molar-refractivity contribution in [3.05, 3.63) is 29.1 Å². The van der Waals surface area contributed by atoms with Gasteiger partial charge in [0.25, 0.3) is 5.91 Å². The second-order valence-electron chi connectivity index (χ2n) is 10.8. The normalized spacial score (nSPS) is 23.3. The monoisotopic (exact) mass is 501 g/mol. The van der Waals surface area contributed by atoms with Crippen LogP contribution in [0, 0.1) is 11.2 Å². The molecule has 2 N–H and O–H groups in total.